The van der Waals surface area contributed by atoms with Crippen LogP contribution < -0.4 is 4.46 Å². The third kappa shape index (κ3) is 2.60. The normalized spacial score (nSPS) is 30.2. The van der Waals surface area contributed by atoms with Crippen molar-refractivity contribution in [1.82, 2.24) is 0 Å². The van der Waals surface area contributed by atoms with Gasteiger partial charge in [-0.05, 0) is 0 Å². The van der Waals surface area contributed by atoms with Crippen molar-refractivity contribution in [3.05, 3.63) is 30.3 Å². The van der Waals surface area contributed by atoms with E-state index in [-0.39, 0.29) is 38.7 Å². The number of hydrogen-bond acceptors (Lipinski definition) is 3. The SMILES string of the molecule is CC(=O)[C@@]1(C)C(=O)O[C@H](C[Se]c2ccccc2)[C@H]1C. The Morgan fingerprint density at radius 2 is 2.00 bits per heavy atom. The summed E-state index contributed by atoms with van der Waals surface area (Å²) < 4.78 is 6.71. The number of esters is 1. The predicted molar refractivity (Wildman–Crippen MR) is 74.5 cm³/mol. The first-order valence-corrected chi connectivity index (χ1v) is 8.43. The van der Waals surface area contributed by atoms with E-state index in [9.17, 15) is 9.59 Å². The molecule has 0 aromatic heterocycles. The zero-order chi connectivity index (χ0) is 14.0. The number of ketones is 1. The van der Waals surface area contributed by atoms with E-state index in [1.165, 1.54) is 11.4 Å². The average Bonchev–Trinajstić information content (AvgIpc) is 2.63. The van der Waals surface area contributed by atoms with Gasteiger partial charge in [0.05, 0.1) is 0 Å². The Kier molecular flexibility index (Phi) is 4.12. The molecule has 1 saturated heterocycles. The van der Waals surface area contributed by atoms with Gasteiger partial charge < -0.3 is 0 Å². The first-order chi connectivity index (χ1) is 8.96. The van der Waals surface area contributed by atoms with Crippen LogP contribution in [-0.4, -0.2) is 32.8 Å². The quantitative estimate of drug-likeness (QED) is 0.480. The molecule has 1 aromatic rings. The van der Waals surface area contributed by atoms with E-state index in [0.29, 0.717) is 0 Å². The minimum atomic E-state index is -0.961. The molecule has 0 amide bonds. The molecule has 3 atom stereocenters. The third-order valence-electron chi connectivity index (χ3n) is 4.04. The van der Waals surface area contributed by atoms with E-state index in [1.54, 1.807) is 6.92 Å². The Bertz CT molecular complexity index is 485. The van der Waals surface area contributed by atoms with E-state index in [1.807, 2.05) is 25.1 Å². The molecule has 0 radical (unpaired) electrons. The summed E-state index contributed by atoms with van der Waals surface area (Å²) in [5.74, 6) is -0.510. The van der Waals surface area contributed by atoms with Gasteiger partial charge in [-0.15, -0.1) is 0 Å². The molecule has 2 rings (SSSR count). The van der Waals surface area contributed by atoms with Crippen LogP contribution in [0, 0.1) is 11.3 Å². The molecule has 3 nitrogen and oxygen atoms in total. The van der Waals surface area contributed by atoms with Gasteiger partial charge in [0.25, 0.3) is 0 Å². The van der Waals surface area contributed by atoms with E-state index < -0.39 is 5.41 Å². The van der Waals surface area contributed by atoms with Crippen LogP contribution >= 0.6 is 0 Å². The van der Waals surface area contributed by atoms with Gasteiger partial charge in [-0.1, -0.05) is 0 Å². The number of rotatable bonds is 4. The minimum absolute atomic E-state index is 0.0527. The fourth-order valence-corrected chi connectivity index (χ4v) is 4.49. The molecule has 1 heterocycles. The summed E-state index contributed by atoms with van der Waals surface area (Å²) >= 11 is 0.266. The second kappa shape index (κ2) is 5.48. The monoisotopic (exact) mass is 326 g/mol. The van der Waals surface area contributed by atoms with Gasteiger partial charge in [-0.2, -0.15) is 0 Å². The van der Waals surface area contributed by atoms with E-state index in [0.717, 1.165) is 5.32 Å². The summed E-state index contributed by atoms with van der Waals surface area (Å²) in [5, 5.41) is 0.826. The molecule has 0 aliphatic carbocycles. The van der Waals surface area contributed by atoms with Crippen molar-refractivity contribution in [3.63, 3.8) is 0 Å². The number of hydrogen-bond donors (Lipinski definition) is 0. The third-order valence-corrected chi connectivity index (χ3v) is 6.35. The molecule has 0 N–H and O–H groups in total. The topological polar surface area (TPSA) is 43.4 Å². The van der Waals surface area contributed by atoms with Crippen LogP contribution in [0.5, 0.6) is 0 Å². The molecule has 102 valence electrons. The van der Waals surface area contributed by atoms with Crippen molar-refractivity contribution in [2.45, 2.75) is 32.2 Å². The predicted octanol–water partition coefficient (Wildman–Crippen LogP) is 1.59. The maximum absolute atomic E-state index is 11.9. The number of ether oxygens (including phenoxy) is 1. The van der Waals surface area contributed by atoms with Gasteiger partial charge in [0, 0.05) is 0 Å². The molecule has 1 aliphatic heterocycles. The standard InChI is InChI=1S/C15H18O3Se/c1-10-13(9-19-12-7-5-4-6-8-12)18-14(17)15(10,3)11(2)16/h4-8,10,13H,9H2,1-3H3/t10-,13-,15+/m1/s1. The van der Waals surface area contributed by atoms with E-state index >= 15 is 0 Å². The van der Waals surface area contributed by atoms with Crippen LogP contribution in [0.15, 0.2) is 30.3 Å². The molecule has 0 saturated carbocycles. The van der Waals surface area contributed by atoms with Crippen LogP contribution in [0.2, 0.25) is 5.32 Å². The summed E-state index contributed by atoms with van der Waals surface area (Å²) in [5.41, 5.74) is -0.961. The van der Waals surface area contributed by atoms with Crippen molar-refractivity contribution in [2.75, 3.05) is 0 Å². The van der Waals surface area contributed by atoms with Crippen LogP contribution in [0.25, 0.3) is 0 Å². The molecule has 1 aliphatic rings. The van der Waals surface area contributed by atoms with Gasteiger partial charge >= 0.3 is 119 Å². The first-order valence-electron chi connectivity index (χ1n) is 6.36. The maximum atomic E-state index is 11.9. The summed E-state index contributed by atoms with van der Waals surface area (Å²) in [4.78, 5) is 23.6. The second-order valence-corrected chi connectivity index (χ2v) is 7.41. The Balaban J connectivity index is 2.04. The number of cyclic esters (lactones) is 1. The molecule has 19 heavy (non-hydrogen) atoms. The fraction of sp³-hybridized carbons (Fsp3) is 0.467. The van der Waals surface area contributed by atoms with Crippen molar-refractivity contribution in [3.8, 4) is 0 Å². The van der Waals surface area contributed by atoms with Crippen molar-refractivity contribution >= 4 is 31.2 Å². The van der Waals surface area contributed by atoms with Crippen molar-refractivity contribution < 1.29 is 14.3 Å². The van der Waals surface area contributed by atoms with E-state index in [2.05, 4.69) is 12.1 Å². The average molecular weight is 325 g/mol. The Hall–Kier alpha value is -1.12. The van der Waals surface area contributed by atoms with Crippen LogP contribution in [0.1, 0.15) is 20.8 Å². The van der Waals surface area contributed by atoms with E-state index in [4.69, 9.17) is 4.74 Å². The molecule has 1 aromatic carbocycles. The van der Waals surface area contributed by atoms with Crippen molar-refractivity contribution in [1.29, 1.82) is 0 Å². The second-order valence-electron chi connectivity index (χ2n) is 5.12. The van der Waals surface area contributed by atoms with Crippen LogP contribution in [0.3, 0.4) is 0 Å². The molecule has 0 spiro atoms. The van der Waals surface area contributed by atoms with Gasteiger partial charge in [-0.3, -0.25) is 0 Å². The molecular formula is C15H18O3Se. The summed E-state index contributed by atoms with van der Waals surface area (Å²) in [6.07, 6.45) is -0.137. The van der Waals surface area contributed by atoms with Gasteiger partial charge in [0.2, 0.25) is 0 Å². The van der Waals surface area contributed by atoms with Crippen LogP contribution in [0.4, 0.5) is 0 Å². The number of benzene rings is 1. The number of carbonyl (C=O) groups excluding carboxylic acids is 2. The molecule has 4 heteroatoms. The molecular weight excluding hydrogens is 307 g/mol. The first kappa shape index (κ1) is 14.3. The number of Topliss-reactive ketones (excluding diaryl/α,β-unsaturated/α-hetero) is 1. The Morgan fingerprint density at radius 1 is 1.37 bits per heavy atom. The van der Waals surface area contributed by atoms with Gasteiger partial charge in [0.1, 0.15) is 0 Å². The number of carbonyl (C=O) groups is 2. The van der Waals surface area contributed by atoms with Crippen LogP contribution in [-0.2, 0) is 14.3 Å². The summed E-state index contributed by atoms with van der Waals surface area (Å²) in [7, 11) is 0. The molecule has 1 fully saturated rings. The molecule has 0 bridgehead atoms. The summed E-state index contributed by atoms with van der Waals surface area (Å²) in [6, 6.07) is 10.2. The summed E-state index contributed by atoms with van der Waals surface area (Å²) in [6.45, 7) is 5.12. The molecule has 0 unspecified atom stereocenters. The van der Waals surface area contributed by atoms with Gasteiger partial charge in [-0.25, -0.2) is 0 Å². The van der Waals surface area contributed by atoms with Gasteiger partial charge in [0.15, 0.2) is 0 Å². The Morgan fingerprint density at radius 3 is 2.53 bits per heavy atom. The zero-order valence-electron chi connectivity index (χ0n) is 11.4. The van der Waals surface area contributed by atoms with Crippen molar-refractivity contribution in [2.24, 2.45) is 11.3 Å². The fourth-order valence-electron chi connectivity index (χ4n) is 2.26. The zero-order valence-corrected chi connectivity index (χ0v) is 13.1. The Labute approximate surface area is 119 Å².